The number of benzene rings is 2. The lowest BCUT2D eigenvalue weighted by molar-refractivity contribution is -0.112. The van der Waals surface area contributed by atoms with Crippen LogP contribution in [0.2, 0.25) is 0 Å². The predicted molar refractivity (Wildman–Crippen MR) is 107 cm³/mol. The summed E-state index contributed by atoms with van der Waals surface area (Å²) < 4.78 is 34.3. The third-order valence-electron chi connectivity index (χ3n) is 4.32. The number of carbonyl (C=O) groups excluding carboxylic acids is 1. The average Bonchev–Trinajstić information content (AvgIpc) is 2.72. The summed E-state index contributed by atoms with van der Waals surface area (Å²) in [6.07, 6.45) is 2.83. The standard InChI is InChI=1S/C22H22F2N2O3/c1-4-15-7-6-8-16(5-2)20(15)26-21(27)17(13-25)11-14-9-10-18(29-22(23)24)19(12-14)28-3/h6-12,22H,4-5H2,1-3H3,(H,26,27). The summed E-state index contributed by atoms with van der Waals surface area (Å²) in [6, 6.07) is 11.9. The molecule has 0 fully saturated rings. The minimum atomic E-state index is -2.99. The van der Waals surface area contributed by atoms with E-state index in [-0.39, 0.29) is 17.1 Å². The maximum atomic E-state index is 12.7. The van der Waals surface area contributed by atoms with E-state index in [9.17, 15) is 18.8 Å². The molecule has 0 saturated carbocycles. The van der Waals surface area contributed by atoms with Crippen molar-refractivity contribution in [3.8, 4) is 17.6 Å². The van der Waals surface area contributed by atoms with Crippen molar-refractivity contribution in [2.75, 3.05) is 12.4 Å². The Kier molecular flexibility index (Phi) is 7.72. The number of nitrogens with zero attached hydrogens (tertiary/aromatic N) is 1. The van der Waals surface area contributed by atoms with Crippen LogP contribution in [0.25, 0.3) is 6.08 Å². The molecule has 0 bridgehead atoms. The summed E-state index contributed by atoms with van der Waals surface area (Å²) in [6.45, 7) is 0.985. The fraction of sp³-hybridized carbons (Fsp3) is 0.273. The second-order valence-corrected chi connectivity index (χ2v) is 6.07. The van der Waals surface area contributed by atoms with Gasteiger partial charge >= 0.3 is 6.61 Å². The summed E-state index contributed by atoms with van der Waals surface area (Å²) >= 11 is 0. The number of nitrogens with one attached hydrogen (secondary N) is 1. The van der Waals surface area contributed by atoms with E-state index in [4.69, 9.17) is 4.74 Å². The van der Waals surface area contributed by atoms with Crippen LogP contribution in [0.4, 0.5) is 14.5 Å². The lowest BCUT2D eigenvalue weighted by Gasteiger charge is -2.14. The zero-order valence-electron chi connectivity index (χ0n) is 16.5. The van der Waals surface area contributed by atoms with Crippen LogP contribution in [0.3, 0.4) is 0 Å². The number of halogens is 2. The van der Waals surface area contributed by atoms with E-state index in [0.29, 0.717) is 11.3 Å². The van der Waals surface area contributed by atoms with Gasteiger partial charge in [-0.1, -0.05) is 38.1 Å². The second-order valence-electron chi connectivity index (χ2n) is 6.07. The number of aryl methyl sites for hydroxylation is 2. The third kappa shape index (κ3) is 5.55. The van der Waals surface area contributed by atoms with E-state index in [2.05, 4.69) is 10.1 Å². The van der Waals surface area contributed by atoms with Crippen molar-refractivity contribution in [1.82, 2.24) is 0 Å². The van der Waals surface area contributed by atoms with Crippen LogP contribution in [0.1, 0.15) is 30.5 Å². The number of para-hydroxylation sites is 1. The highest BCUT2D eigenvalue weighted by atomic mass is 19.3. The summed E-state index contributed by atoms with van der Waals surface area (Å²) in [4.78, 5) is 12.7. The van der Waals surface area contributed by atoms with Crippen LogP contribution >= 0.6 is 0 Å². The largest absolute Gasteiger partial charge is 0.493 e. The molecule has 0 aliphatic heterocycles. The Labute approximate surface area is 168 Å². The van der Waals surface area contributed by atoms with Gasteiger partial charge in [-0.3, -0.25) is 4.79 Å². The van der Waals surface area contributed by atoms with Gasteiger partial charge in [-0.05, 0) is 47.7 Å². The van der Waals surface area contributed by atoms with Crippen molar-refractivity contribution in [2.45, 2.75) is 33.3 Å². The van der Waals surface area contributed by atoms with E-state index in [1.807, 2.05) is 38.1 Å². The Balaban J connectivity index is 2.33. The summed E-state index contributed by atoms with van der Waals surface area (Å²) in [5.74, 6) is -0.608. The lowest BCUT2D eigenvalue weighted by atomic mass is 10.0. The van der Waals surface area contributed by atoms with Gasteiger partial charge in [0.05, 0.1) is 7.11 Å². The minimum absolute atomic E-state index is 0.0707. The van der Waals surface area contributed by atoms with E-state index < -0.39 is 12.5 Å². The van der Waals surface area contributed by atoms with Crippen molar-refractivity contribution in [3.05, 3.63) is 58.7 Å². The second kappa shape index (κ2) is 10.2. The molecule has 0 saturated heterocycles. The molecular formula is C22H22F2N2O3. The molecule has 152 valence electrons. The molecule has 0 heterocycles. The molecule has 0 aromatic heterocycles. The van der Waals surface area contributed by atoms with E-state index >= 15 is 0 Å². The number of carbonyl (C=O) groups is 1. The maximum Gasteiger partial charge on any atom is 0.387 e. The molecule has 2 rings (SSSR count). The lowest BCUT2D eigenvalue weighted by Crippen LogP contribution is -2.16. The molecule has 1 N–H and O–H groups in total. The zero-order valence-corrected chi connectivity index (χ0v) is 16.5. The number of amides is 1. The molecule has 7 heteroatoms. The van der Waals surface area contributed by atoms with E-state index in [1.54, 1.807) is 0 Å². The number of anilines is 1. The number of hydrogen-bond donors (Lipinski definition) is 1. The monoisotopic (exact) mass is 400 g/mol. The number of alkyl halides is 2. The van der Waals surface area contributed by atoms with Crippen LogP contribution < -0.4 is 14.8 Å². The molecule has 2 aromatic carbocycles. The van der Waals surface area contributed by atoms with Crippen molar-refractivity contribution < 1.29 is 23.0 Å². The Morgan fingerprint density at radius 2 is 1.83 bits per heavy atom. The van der Waals surface area contributed by atoms with Gasteiger partial charge < -0.3 is 14.8 Å². The molecule has 0 atom stereocenters. The predicted octanol–water partition coefficient (Wildman–Crippen LogP) is 4.97. The van der Waals surface area contributed by atoms with Gasteiger partial charge in [0, 0.05) is 5.69 Å². The fourth-order valence-electron chi connectivity index (χ4n) is 2.87. The SMILES string of the molecule is CCc1cccc(CC)c1NC(=O)C(C#N)=Cc1ccc(OC(F)F)c(OC)c1. The van der Waals surface area contributed by atoms with Gasteiger partial charge in [0.2, 0.25) is 0 Å². The molecule has 0 radical (unpaired) electrons. The number of hydrogen-bond acceptors (Lipinski definition) is 4. The maximum absolute atomic E-state index is 12.7. The van der Waals surface area contributed by atoms with Crippen molar-refractivity contribution >= 4 is 17.7 Å². The van der Waals surface area contributed by atoms with E-state index in [1.165, 1.54) is 31.4 Å². The molecule has 29 heavy (non-hydrogen) atoms. The first-order valence-corrected chi connectivity index (χ1v) is 9.10. The number of ether oxygens (including phenoxy) is 2. The highest BCUT2D eigenvalue weighted by molar-refractivity contribution is 6.10. The van der Waals surface area contributed by atoms with Crippen LogP contribution in [0.15, 0.2) is 42.0 Å². The fourth-order valence-corrected chi connectivity index (χ4v) is 2.87. The Morgan fingerprint density at radius 1 is 1.17 bits per heavy atom. The Hall–Kier alpha value is -3.40. The quantitative estimate of drug-likeness (QED) is 0.502. The van der Waals surface area contributed by atoms with Crippen LogP contribution in [-0.4, -0.2) is 19.6 Å². The first-order valence-electron chi connectivity index (χ1n) is 9.10. The van der Waals surface area contributed by atoms with Crippen molar-refractivity contribution in [3.63, 3.8) is 0 Å². The number of methoxy groups -OCH3 is 1. The normalized spacial score (nSPS) is 11.1. The molecule has 0 spiro atoms. The highest BCUT2D eigenvalue weighted by Crippen LogP contribution is 2.30. The molecule has 5 nitrogen and oxygen atoms in total. The van der Waals surface area contributed by atoms with Crippen molar-refractivity contribution in [2.24, 2.45) is 0 Å². The first kappa shape index (κ1) is 21.9. The summed E-state index contributed by atoms with van der Waals surface area (Å²) in [5.41, 5.74) is 2.98. The van der Waals surface area contributed by atoms with Crippen LogP contribution in [0, 0.1) is 11.3 Å². The minimum Gasteiger partial charge on any atom is -0.493 e. The zero-order chi connectivity index (χ0) is 21.4. The first-order chi connectivity index (χ1) is 13.9. The van der Waals surface area contributed by atoms with Crippen LogP contribution in [-0.2, 0) is 17.6 Å². The van der Waals surface area contributed by atoms with Gasteiger partial charge in [-0.25, -0.2) is 0 Å². The van der Waals surface area contributed by atoms with Gasteiger partial charge in [0.15, 0.2) is 11.5 Å². The molecule has 0 unspecified atom stereocenters. The summed E-state index contributed by atoms with van der Waals surface area (Å²) in [7, 11) is 1.31. The van der Waals surface area contributed by atoms with Crippen molar-refractivity contribution in [1.29, 1.82) is 5.26 Å². The van der Waals surface area contributed by atoms with E-state index in [0.717, 1.165) is 24.0 Å². The van der Waals surface area contributed by atoms with Crippen LogP contribution in [0.5, 0.6) is 11.5 Å². The van der Waals surface area contributed by atoms with Gasteiger partial charge in [-0.15, -0.1) is 0 Å². The number of nitriles is 1. The Morgan fingerprint density at radius 3 is 2.34 bits per heavy atom. The molecule has 0 aliphatic rings. The Bertz CT molecular complexity index is 927. The topological polar surface area (TPSA) is 71.4 Å². The third-order valence-corrected chi connectivity index (χ3v) is 4.32. The smallest absolute Gasteiger partial charge is 0.387 e. The molecule has 2 aromatic rings. The molecule has 0 aliphatic carbocycles. The summed E-state index contributed by atoms with van der Waals surface area (Å²) in [5, 5.41) is 12.3. The average molecular weight is 400 g/mol. The highest BCUT2D eigenvalue weighted by Gasteiger charge is 2.15. The van der Waals surface area contributed by atoms with Gasteiger partial charge in [0.25, 0.3) is 5.91 Å². The van der Waals surface area contributed by atoms with Gasteiger partial charge in [-0.2, -0.15) is 14.0 Å². The number of rotatable bonds is 8. The molecular weight excluding hydrogens is 378 g/mol. The molecule has 1 amide bonds. The van der Waals surface area contributed by atoms with Gasteiger partial charge in [0.1, 0.15) is 11.6 Å².